The van der Waals surface area contributed by atoms with Crippen molar-refractivity contribution in [3.8, 4) is 0 Å². The molecule has 23 heavy (non-hydrogen) atoms. The molecule has 1 aromatic carbocycles. The molecule has 3 nitrogen and oxygen atoms in total. The van der Waals surface area contributed by atoms with Crippen LogP contribution in [0.25, 0.3) is 6.08 Å². The number of urea groups is 1. The van der Waals surface area contributed by atoms with E-state index in [4.69, 9.17) is 11.6 Å². The molecule has 0 radical (unpaired) electrons. The van der Waals surface area contributed by atoms with E-state index in [0.717, 1.165) is 23.3 Å². The number of carbonyl (C=O) groups excluding carboxylic acids is 1. The first kappa shape index (κ1) is 15.1. The lowest BCUT2D eigenvalue weighted by atomic mass is 9.53. The van der Waals surface area contributed by atoms with Crippen LogP contribution in [0.5, 0.6) is 0 Å². The van der Waals surface area contributed by atoms with E-state index in [9.17, 15) is 4.79 Å². The summed E-state index contributed by atoms with van der Waals surface area (Å²) in [6.45, 7) is 0. The number of nitrogens with one attached hydrogen (secondary N) is 2. The van der Waals surface area contributed by atoms with Gasteiger partial charge in [-0.1, -0.05) is 23.7 Å². The molecule has 122 valence electrons. The molecular weight excluding hydrogens is 308 g/mol. The lowest BCUT2D eigenvalue weighted by Gasteiger charge is -2.56. The molecule has 4 bridgehead atoms. The van der Waals surface area contributed by atoms with Crippen LogP contribution in [0.3, 0.4) is 0 Å². The Kier molecular flexibility index (Phi) is 3.84. The summed E-state index contributed by atoms with van der Waals surface area (Å²) in [5, 5.41) is 6.85. The minimum atomic E-state index is -0.0785. The van der Waals surface area contributed by atoms with Crippen LogP contribution in [-0.4, -0.2) is 11.6 Å². The summed E-state index contributed by atoms with van der Waals surface area (Å²) in [4.78, 5) is 12.3. The van der Waals surface area contributed by atoms with Gasteiger partial charge in [-0.3, -0.25) is 0 Å². The maximum Gasteiger partial charge on any atom is 0.319 e. The molecule has 0 heterocycles. The van der Waals surface area contributed by atoms with E-state index in [1.165, 1.54) is 38.5 Å². The lowest BCUT2D eigenvalue weighted by Crippen LogP contribution is -2.61. The van der Waals surface area contributed by atoms with Crippen molar-refractivity contribution in [1.82, 2.24) is 10.6 Å². The van der Waals surface area contributed by atoms with Gasteiger partial charge in [-0.05, 0) is 80.1 Å². The highest BCUT2D eigenvalue weighted by atomic mass is 35.5. The normalized spacial score (nSPS) is 34.7. The minimum absolute atomic E-state index is 0.0583. The molecule has 0 aromatic heterocycles. The average Bonchev–Trinajstić information content (AvgIpc) is 2.45. The zero-order valence-corrected chi connectivity index (χ0v) is 14.0. The van der Waals surface area contributed by atoms with Gasteiger partial charge in [0.1, 0.15) is 0 Å². The first-order valence-electron chi connectivity index (χ1n) is 8.61. The smallest absolute Gasteiger partial charge is 0.319 e. The molecule has 4 saturated carbocycles. The molecule has 0 atom stereocenters. The summed E-state index contributed by atoms with van der Waals surface area (Å²) in [5.74, 6) is 2.51. The molecule has 0 unspecified atom stereocenters. The van der Waals surface area contributed by atoms with Crippen molar-refractivity contribution in [3.63, 3.8) is 0 Å². The lowest BCUT2D eigenvalue weighted by molar-refractivity contribution is -0.0133. The standard InChI is InChI=1S/C19H23ClN2O/c20-17-3-1-2-13(9-17)4-5-21-18(23)22-19-10-14-6-15(11-19)8-16(7-14)12-19/h1-5,9,14-16H,6-8,10-12H2,(H2,21,22,23)/b5-4+. The Morgan fingerprint density at radius 3 is 2.39 bits per heavy atom. The first-order chi connectivity index (χ1) is 11.1. The predicted octanol–water partition coefficient (Wildman–Crippen LogP) is 4.58. The molecule has 2 N–H and O–H groups in total. The molecule has 4 fully saturated rings. The third-order valence-corrected chi connectivity index (χ3v) is 5.99. The van der Waals surface area contributed by atoms with E-state index in [2.05, 4.69) is 10.6 Å². The van der Waals surface area contributed by atoms with Gasteiger partial charge in [0.25, 0.3) is 0 Å². The van der Waals surface area contributed by atoms with E-state index in [1.54, 1.807) is 6.20 Å². The van der Waals surface area contributed by atoms with Gasteiger partial charge in [0.05, 0.1) is 0 Å². The van der Waals surface area contributed by atoms with E-state index < -0.39 is 0 Å². The summed E-state index contributed by atoms with van der Waals surface area (Å²) in [7, 11) is 0. The summed E-state index contributed by atoms with van der Waals surface area (Å²) >= 11 is 5.96. The maximum absolute atomic E-state index is 12.3. The van der Waals surface area contributed by atoms with Crippen molar-refractivity contribution in [2.24, 2.45) is 17.8 Å². The molecule has 0 saturated heterocycles. The quantitative estimate of drug-likeness (QED) is 0.836. The number of benzene rings is 1. The van der Waals surface area contributed by atoms with Gasteiger partial charge >= 0.3 is 6.03 Å². The first-order valence-corrected chi connectivity index (χ1v) is 8.99. The highest BCUT2D eigenvalue weighted by Gasteiger charge is 2.51. The highest BCUT2D eigenvalue weighted by molar-refractivity contribution is 6.30. The third-order valence-electron chi connectivity index (χ3n) is 5.76. The van der Waals surface area contributed by atoms with Gasteiger partial charge in [-0.25, -0.2) is 4.79 Å². The van der Waals surface area contributed by atoms with Crippen molar-refractivity contribution < 1.29 is 4.79 Å². The van der Waals surface area contributed by atoms with Gasteiger partial charge in [0, 0.05) is 16.8 Å². The largest absolute Gasteiger partial charge is 0.332 e. The fourth-order valence-electron chi connectivity index (χ4n) is 5.36. The van der Waals surface area contributed by atoms with Crippen molar-refractivity contribution in [2.45, 2.75) is 44.1 Å². The maximum atomic E-state index is 12.3. The van der Waals surface area contributed by atoms with Gasteiger partial charge < -0.3 is 10.6 Å². The van der Waals surface area contributed by atoms with Crippen molar-refractivity contribution in [3.05, 3.63) is 41.1 Å². The molecule has 5 rings (SSSR count). The topological polar surface area (TPSA) is 41.1 Å². The van der Waals surface area contributed by atoms with E-state index in [0.29, 0.717) is 5.02 Å². The zero-order chi connectivity index (χ0) is 15.9. The SMILES string of the molecule is O=C(N/C=C/c1cccc(Cl)c1)NC12CC3CC(CC(C3)C1)C2. The van der Waals surface area contributed by atoms with Crippen molar-refractivity contribution in [1.29, 1.82) is 0 Å². The Bertz CT molecular complexity index is 605. The van der Waals surface area contributed by atoms with Gasteiger partial charge in [-0.15, -0.1) is 0 Å². The van der Waals surface area contributed by atoms with Crippen LogP contribution in [0.1, 0.15) is 44.1 Å². The Balaban J connectivity index is 1.35. The van der Waals surface area contributed by atoms with Crippen LogP contribution >= 0.6 is 11.6 Å². The Labute approximate surface area is 142 Å². The third kappa shape index (κ3) is 3.25. The van der Waals surface area contributed by atoms with Crippen LogP contribution in [0.15, 0.2) is 30.5 Å². The molecule has 4 heteroatoms. The van der Waals surface area contributed by atoms with E-state index in [-0.39, 0.29) is 11.6 Å². The molecule has 0 spiro atoms. The second kappa shape index (κ2) is 5.86. The van der Waals surface area contributed by atoms with Crippen LogP contribution < -0.4 is 10.6 Å². The molecule has 1 aromatic rings. The second-order valence-corrected chi connectivity index (χ2v) is 8.12. The van der Waals surface area contributed by atoms with Crippen LogP contribution in [-0.2, 0) is 0 Å². The predicted molar refractivity (Wildman–Crippen MR) is 93.1 cm³/mol. The van der Waals surface area contributed by atoms with Gasteiger partial charge in [0.15, 0.2) is 0 Å². The van der Waals surface area contributed by atoms with Gasteiger partial charge in [0.2, 0.25) is 0 Å². The number of halogens is 1. The highest BCUT2D eigenvalue weighted by Crippen LogP contribution is 2.55. The number of rotatable bonds is 3. The van der Waals surface area contributed by atoms with E-state index >= 15 is 0 Å². The monoisotopic (exact) mass is 330 g/mol. The molecule has 0 aliphatic heterocycles. The Hall–Kier alpha value is -1.48. The van der Waals surface area contributed by atoms with E-state index in [1.807, 2.05) is 30.3 Å². The second-order valence-electron chi connectivity index (χ2n) is 7.68. The number of hydrogen-bond acceptors (Lipinski definition) is 1. The van der Waals surface area contributed by atoms with Crippen LogP contribution in [0, 0.1) is 17.8 Å². The summed E-state index contributed by atoms with van der Waals surface area (Å²) < 4.78 is 0. The summed E-state index contributed by atoms with van der Waals surface area (Å²) in [6.07, 6.45) is 11.2. The summed E-state index contributed by atoms with van der Waals surface area (Å²) in [5.41, 5.74) is 1.04. The van der Waals surface area contributed by atoms with Crippen molar-refractivity contribution in [2.75, 3.05) is 0 Å². The number of carbonyl (C=O) groups is 1. The molecule has 4 aliphatic rings. The Morgan fingerprint density at radius 1 is 1.13 bits per heavy atom. The molecule has 2 amide bonds. The fraction of sp³-hybridized carbons (Fsp3) is 0.526. The Morgan fingerprint density at radius 2 is 1.78 bits per heavy atom. The fourth-order valence-corrected chi connectivity index (χ4v) is 5.56. The number of amides is 2. The zero-order valence-electron chi connectivity index (χ0n) is 13.2. The summed E-state index contributed by atoms with van der Waals surface area (Å²) in [6, 6.07) is 7.49. The minimum Gasteiger partial charge on any atom is -0.332 e. The van der Waals surface area contributed by atoms with Crippen molar-refractivity contribution >= 4 is 23.7 Å². The number of hydrogen-bond donors (Lipinski definition) is 2. The average molecular weight is 331 g/mol. The van der Waals surface area contributed by atoms with Gasteiger partial charge in [-0.2, -0.15) is 0 Å². The van der Waals surface area contributed by atoms with Crippen LogP contribution in [0.2, 0.25) is 5.02 Å². The molecule has 4 aliphatic carbocycles. The molecular formula is C19H23ClN2O. The van der Waals surface area contributed by atoms with Crippen LogP contribution in [0.4, 0.5) is 4.79 Å².